The van der Waals surface area contributed by atoms with E-state index >= 15 is 0 Å². The SMILES string of the molecule is C[C@H](N[C@@H](C(N)=O)c1ccccc1)c1ccc(C(F)(F)F)cc1. The van der Waals surface area contributed by atoms with Crippen molar-refractivity contribution in [3.8, 4) is 0 Å². The Morgan fingerprint density at radius 3 is 2.04 bits per heavy atom. The van der Waals surface area contributed by atoms with E-state index in [2.05, 4.69) is 5.32 Å². The van der Waals surface area contributed by atoms with Crippen molar-refractivity contribution in [2.45, 2.75) is 25.2 Å². The first-order valence-electron chi connectivity index (χ1n) is 7.06. The maximum atomic E-state index is 12.6. The van der Waals surface area contributed by atoms with Crippen LogP contribution in [0.25, 0.3) is 0 Å². The van der Waals surface area contributed by atoms with Crippen LogP contribution in [0.1, 0.15) is 35.7 Å². The van der Waals surface area contributed by atoms with Crippen LogP contribution in [0, 0.1) is 0 Å². The molecule has 0 aliphatic heterocycles. The van der Waals surface area contributed by atoms with Crippen LogP contribution in [0.5, 0.6) is 0 Å². The molecule has 23 heavy (non-hydrogen) atoms. The summed E-state index contributed by atoms with van der Waals surface area (Å²) < 4.78 is 37.7. The molecule has 0 saturated carbocycles. The number of rotatable bonds is 5. The lowest BCUT2D eigenvalue weighted by molar-refractivity contribution is -0.137. The molecule has 0 unspecified atom stereocenters. The van der Waals surface area contributed by atoms with Gasteiger partial charge in [0.2, 0.25) is 5.91 Å². The van der Waals surface area contributed by atoms with Gasteiger partial charge in [0.05, 0.1) is 5.56 Å². The lowest BCUT2D eigenvalue weighted by atomic mass is 10.0. The quantitative estimate of drug-likeness (QED) is 0.884. The van der Waals surface area contributed by atoms with Gasteiger partial charge in [-0.25, -0.2) is 0 Å². The smallest absolute Gasteiger partial charge is 0.368 e. The second-order valence-corrected chi connectivity index (χ2v) is 5.25. The monoisotopic (exact) mass is 322 g/mol. The first-order valence-corrected chi connectivity index (χ1v) is 7.06. The summed E-state index contributed by atoms with van der Waals surface area (Å²) >= 11 is 0. The molecule has 0 aliphatic carbocycles. The van der Waals surface area contributed by atoms with Crippen molar-refractivity contribution >= 4 is 5.91 Å². The van der Waals surface area contributed by atoms with Gasteiger partial charge in [0, 0.05) is 6.04 Å². The number of amides is 1. The van der Waals surface area contributed by atoms with E-state index in [0.29, 0.717) is 11.1 Å². The van der Waals surface area contributed by atoms with Crippen molar-refractivity contribution in [3.63, 3.8) is 0 Å². The lowest BCUT2D eigenvalue weighted by Crippen LogP contribution is -2.35. The summed E-state index contributed by atoms with van der Waals surface area (Å²) in [7, 11) is 0. The Morgan fingerprint density at radius 1 is 1.00 bits per heavy atom. The maximum absolute atomic E-state index is 12.6. The normalized spacial score (nSPS) is 14.3. The minimum Gasteiger partial charge on any atom is -0.368 e. The fourth-order valence-electron chi connectivity index (χ4n) is 2.30. The third-order valence-corrected chi connectivity index (χ3v) is 3.57. The number of primary amides is 1. The van der Waals surface area contributed by atoms with Crippen LogP contribution >= 0.6 is 0 Å². The topological polar surface area (TPSA) is 55.1 Å². The van der Waals surface area contributed by atoms with Gasteiger partial charge in [-0.2, -0.15) is 13.2 Å². The Hall–Kier alpha value is -2.34. The number of benzene rings is 2. The van der Waals surface area contributed by atoms with Crippen LogP contribution in [-0.2, 0) is 11.0 Å². The predicted octanol–water partition coefficient (Wildman–Crippen LogP) is 3.58. The third kappa shape index (κ3) is 4.32. The molecule has 0 bridgehead atoms. The molecule has 0 aromatic heterocycles. The van der Waals surface area contributed by atoms with Crippen LogP contribution in [0.4, 0.5) is 13.2 Å². The number of nitrogens with one attached hydrogen (secondary N) is 1. The molecule has 3 N–H and O–H groups in total. The van der Waals surface area contributed by atoms with Crippen LogP contribution in [0.3, 0.4) is 0 Å². The van der Waals surface area contributed by atoms with Gasteiger partial charge in [-0.1, -0.05) is 42.5 Å². The first-order chi connectivity index (χ1) is 10.8. The van der Waals surface area contributed by atoms with Crippen LogP contribution in [0.15, 0.2) is 54.6 Å². The fourth-order valence-corrected chi connectivity index (χ4v) is 2.30. The average Bonchev–Trinajstić information content (AvgIpc) is 2.52. The zero-order valence-corrected chi connectivity index (χ0v) is 12.5. The predicted molar refractivity (Wildman–Crippen MR) is 81.4 cm³/mol. The highest BCUT2D eigenvalue weighted by Crippen LogP contribution is 2.30. The second kappa shape index (κ2) is 6.83. The molecule has 3 nitrogen and oxygen atoms in total. The van der Waals surface area contributed by atoms with E-state index in [1.165, 1.54) is 12.1 Å². The highest BCUT2D eigenvalue weighted by atomic mass is 19.4. The molecule has 2 aromatic rings. The van der Waals surface area contributed by atoms with E-state index in [4.69, 9.17) is 5.73 Å². The maximum Gasteiger partial charge on any atom is 0.416 e. The van der Waals surface area contributed by atoms with Gasteiger partial charge in [0.1, 0.15) is 6.04 Å². The molecule has 0 fully saturated rings. The molecule has 0 heterocycles. The fraction of sp³-hybridized carbons (Fsp3) is 0.235. The van der Waals surface area contributed by atoms with E-state index < -0.39 is 23.7 Å². The van der Waals surface area contributed by atoms with Crippen molar-refractivity contribution in [1.82, 2.24) is 5.32 Å². The zero-order valence-electron chi connectivity index (χ0n) is 12.5. The molecule has 0 spiro atoms. The van der Waals surface area contributed by atoms with Gasteiger partial charge >= 0.3 is 6.18 Å². The lowest BCUT2D eigenvalue weighted by Gasteiger charge is -2.22. The Kier molecular flexibility index (Phi) is 5.05. The minimum absolute atomic E-state index is 0.338. The molecule has 0 saturated heterocycles. The van der Waals surface area contributed by atoms with Crippen molar-refractivity contribution in [2.75, 3.05) is 0 Å². The summed E-state index contributed by atoms with van der Waals surface area (Å²) in [5.41, 5.74) is 6.07. The number of nitrogens with two attached hydrogens (primary N) is 1. The Labute approximate surface area is 132 Å². The largest absolute Gasteiger partial charge is 0.416 e. The van der Waals surface area contributed by atoms with Crippen molar-refractivity contribution < 1.29 is 18.0 Å². The molecule has 2 rings (SSSR count). The van der Waals surface area contributed by atoms with Gasteiger partial charge in [0.15, 0.2) is 0 Å². The van der Waals surface area contributed by atoms with Crippen molar-refractivity contribution in [1.29, 1.82) is 0 Å². The van der Waals surface area contributed by atoms with Gasteiger partial charge in [-0.3, -0.25) is 10.1 Å². The molecular weight excluding hydrogens is 305 g/mol. The van der Waals surface area contributed by atoms with E-state index in [0.717, 1.165) is 12.1 Å². The number of carbonyl (C=O) groups is 1. The molecule has 0 aliphatic rings. The van der Waals surface area contributed by atoms with E-state index in [-0.39, 0.29) is 6.04 Å². The molecular formula is C17H17F3N2O. The third-order valence-electron chi connectivity index (χ3n) is 3.57. The van der Waals surface area contributed by atoms with E-state index in [1.807, 2.05) is 6.07 Å². The summed E-state index contributed by atoms with van der Waals surface area (Å²) in [5.74, 6) is -0.546. The summed E-state index contributed by atoms with van der Waals surface area (Å²) in [6, 6.07) is 12.7. The van der Waals surface area contributed by atoms with Gasteiger partial charge in [-0.15, -0.1) is 0 Å². The standard InChI is InChI=1S/C17H17F3N2O/c1-11(12-7-9-14(10-8-12)17(18,19)20)22-15(16(21)23)13-5-3-2-4-6-13/h2-11,15,22H,1H3,(H2,21,23)/t11-,15+/m0/s1. The zero-order chi connectivity index (χ0) is 17.0. The second-order valence-electron chi connectivity index (χ2n) is 5.25. The highest BCUT2D eigenvalue weighted by Gasteiger charge is 2.30. The van der Waals surface area contributed by atoms with E-state index in [9.17, 15) is 18.0 Å². The van der Waals surface area contributed by atoms with Crippen LogP contribution in [0.2, 0.25) is 0 Å². The Morgan fingerprint density at radius 2 is 1.57 bits per heavy atom. The number of hydrogen-bond donors (Lipinski definition) is 2. The van der Waals surface area contributed by atoms with E-state index in [1.54, 1.807) is 31.2 Å². The Balaban J connectivity index is 2.16. The summed E-state index contributed by atoms with van der Waals surface area (Å²) in [6.45, 7) is 1.77. The first kappa shape index (κ1) is 17.0. The molecule has 0 radical (unpaired) electrons. The molecule has 6 heteroatoms. The summed E-state index contributed by atoms with van der Waals surface area (Å²) in [6.07, 6.45) is -4.37. The Bertz CT molecular complexity index is 654. The average molecular weight is 322 g/mol. The molecule has 1 amide bonds. The van der Waals surface area contributed by atoms with Crippen LogP contribution < -0.4 is 11.1 Å². The van der Waals surface area contributed by atoms with Crippen LogP contribution in [-0.4, -0.2) is 5.91 Å². The summed E-state index contributed by atoms with van der Waals surface area (Å²) in [5, 5.41) is 3.05. The highest BCUT2D eigenvalue weighted by molar-refractivity contribution is 5.81. The van der Waals surface area contributed by atoms with Crippen molar-refractivity contribution in [3.05, 3.63) is 71.3 Å². The van der Waals surface area contributed by atoms with Gasteiger partial charge in [-0.05, 0) is 30.2 Å². The molecule has 2 aromatic carbocycles. The van der Waals surface area contributed by atoms with Crippen molar-refractivity contribution in [2.24, 2.45) is 5.73 Å². The number of alkyl halides is 3. The minimum atomic E-state index is -4.37. The number of hydrogen-bond acceptors (Lipinski definition) is 2. The molecule has 122 valence electrons. The molecule has 2 atom stereocenters. The van der Waals surface area contributed by atoms with Gasteiger partial charge in [0.25, 0.3) is 0 Å². The number of carbonyl (C=O) groups excluding carboxylic acids is 1. The summed E-state index contributed by atoms with van der Waals surface area (Å²) in [4.78, 5) is 11.7. The number of halogens is 3. The van der Waals surface area contributed by atoms with Gasteiger partial charge < -0.3 is 5.73 Å².